The molecule has 0 spiro atoms. The van der Waals surface area contributed by atoms with Crippen molar-refractivity contribution < 1.29 is 4.52 Å². The molecule has 1 aliphatic carbocycles. The van der Waals surface area contributed by atoms with E-state index in [9.17, 15) is 0 Å². The van der Waals surface area contributed by atoms with Gasteiger partial charge in [0.25, 0.3) is 0 Å². The summed E-state index contributed by atoms with van der Waals surface area (Å²) in [6, 6.07) is 8.32. The maximum absolute atomic E-state index is 5.43. The van der Waals surface area contributed by atoms with Gasteiger partial charge in [0.05, 0.1) is 12.5 Å². The number of rotatable bonds is 2. The Morgan fingerprint density at radius 3 is 3.00 bits per heavy atom. The monoisotopic (exact) mass is 201 g/mol. The third-order valence-electron chi connectivity index (χ3n) is 2.82. The smallest absolute Gasteiger partial charge is 0.234 e. The van der Waals surface area contributed by atoms with Crippen molar-refractivity contribution in [2.24, 2.45) is 5.73 Å². The molecule has 0 fully saturated rings. The summed E-state index contributed by atoms with van der Waals surface area (Å²) in [5, 5.41) is 3.80. The van der Waals surface area contributed by atoms with Crippen molar-refractivity contribution in [3.05, 3.63) is 47.1 Å². The average Bonchev–Trinajstić information content (AvgIpc) is 2.68. The standard InChI is InChI=1S/C11H11N3O/c12-6-10-13-11(15-14-10)9-5-7-3-1-2-4-8(7)9/h1-4,9H,5-6,12H2. The van der Waals surface area contributed by atoms with Gasteiger partial charge in [0.2, 0.25) is 5.89 Å². The summed E-state index contributed by atoms with van der Waals surface area (Å²) >= 11 is 0. The largest absolute Gasteiger partial charge is 0.339 e. The van der Waals surface area contributed by atoms with E-state index in [4.69, 9.17) is 10.3 Å². The van der Waals surface area contributed by atoms with E-state index in [1.54, 1.807) is 0 Å². The van der Waals surface area contributed by atoms with Crippen LogP contribution in [0.5, 0.6) is 0 Å². The average molecular weight is 201 g/mol. The van der Waals surface area contributed by atoms with E-state index in [0.717, 1.165) is 6.42 Å². The van der Waals surface area contributed by atoms with Gasteiger partial charge < -0.3 is 10.3 Å². The van der Waals surface area contributed by atoms with Gasteiger partial charge in [0.15, 0.2) is 5.82 Å². The van der Waals surface area contributed by atoms with Gasteiger partial charge in [-0.3, -0.25) is 0 Å². The molecule has 76 valence electrons. The van der Waals surface area contributed by atoms with E-state index >= 15 is 0 Å². The van der Waals surface area contributed by atoms with Gasteiger partial charge in [-0.25, -0.2) is 0 Å². The first-order valence-electron chi connectivity index (χ1n) is 4.99. The van der Waals surface area contributed by atoms with Crippen molar-refractivity contribution in [3.8, 4) is 0 Å². The Morgan fingerprint density at radius 1 is 1.40 bits per heavy atom. The SMILES string of the molecule is NCc1noc(C2Cc3ccccc32)n1. The van der Waals surface area contributed by atoms with Crippen molar-refractivity contribution in [2.45, 2.75) is 18.9 Å². The zero-order valence-electron chi connectivity index (χ0n) is 8.18. The molecule has 0 aliphatic heterocycles. The van der Waals surface area contributed by atoms with Crippen LogP contribution in [0.2, 0.25) is 0 Å². The second-order valence-electron chi connectivity index (χ2n) is 3.71. The van der Waals surface area contributed by atoms with E-state index in [1.807, 2.05) is 12.1 Å². The molecule has 4 heteroatoms. The van der Waals surface area contributed by atoms with Crippen molar-refractivity contribution in [2.75, 3.05) is 0 Å². The quantitative estimate of drug-likeness (QED) is 0.793. The highest BCUT2D eigenvalue weighted by Gasteiger charge is 2.31. The number of benzene rings is 1. The zero-order valence-corrected chi connectivity index (χ0v) is 8.18. The van der Waals surface area contributed by atoms with Crippen LogP contribution in [0, 0.1) is 0 Å². The zero-order chi connectivity index (χ0) is 10.3. The molecule has 1 aliphatic rings. The van der Waals surface area contributed by atoms with Crippen molar-refractivity contribution in [1.82, 2.24) is 10.1 Å². The van der Waals surface area contributed by atoms with E-state index in [1.165, 1.54) is 11.1 Å². The van der Waals surface area contributed by atoms with Gasteiger partial charge >= 0.3 is 0 Å². The topological polar surface area (TPSA) is 64.9 Å². The molecule has 0 saturated carbocycles. The number of aromatic nitrogens is 2. The molecule has 2 N–H and O–H groups in total. The van der Waals surface area contributed by atoms with Crippen LogP contribution in [-0.4, -0.2) is 10.1 Å². The summed E-state index contributed by atoms with van der Waals surface area (Å²) in [6.45, 7) is 0.331. The molecule has 15 heavy (non-hydrogen) atoms. The van der Waals surface area contributed by atoms with Crippen LogP contribution >= 0.6 is 0 Å². The highest BCUT2D eigenvalue weighted by Crippen LogP contribution is 2.38. The number of fused-ring (bicyclic) bond motifs is 1. The minimum absolute atomic E-state index is 0.272. The third-order valence-corrected chi connectivity index (χ3v) is 2.82. The lowest BCUT2D eigenvalue weighted by atomic mass is 9.77. The minimum Gasteiger partial charge on any atom is -0.339 e. The van der Waals surface area contributed by atoms with Crippen LogP contribution < -0.4 is 5.73 Å². The van der Waals surface area contributed by atoms with E-state index in [-0.39, 0.29) is 5.92 Å². The maximum Gasteiger partial charge on any atom is 0.234 e. The molecule has 0 saturated heterocycles. The Bertz CT molecular complexity index is 492. The predicted octanol–water partition coefficient (Wildman–Crippen LogP) is 1.22. The highest BCUT2D eigenvalue weighted by atomic mass is 16.5. The molecule has 3 rings (SSSR count). The Balaban J connectivity index is 1.93. The first kappa shape index (κ1) is 8.61. The molecular formula is C11H11N3O. The fraction of sp³-hybridized carbons (Fsp3) is 0.273. The summed E-state index contributed by atoms with van der Waals surface area (Å²) in [6.07, 6.45) is 0.988. The number of nitrogens with zero attached hydrogens (tertiary/aromatic N) is 2. The molecule has 0 radical (unpaired) electrons. The molecule has 0 amide bonds. The molecule has 1 atom stereocenters. The molecule has 2 aromatic rings. The van der Waals surface area contributed by atoms with E-state index in [0.29, 0.717) is 18.3 Å². The number of nitrogens with two attached hydrogens (primary N) is 1. The molecule has 1 heterocycles. The van der Waals surface area contributed by atoms with Crippen LogP contribution in [0.15, 0.2) is 28.8 Å². The van der Waals surface area contributed by atoms with Crippen LogP contribution in [-0.2, 0) is 13.0 Å². The molecular weight excluding hydrogens is 190 g/mol. The Hall–Kier alpha value is -1.68. The van der Waals surface area contributed by atoms with E-state index in [2.05, 4.69) is 22.3 Å². The van der Waals surface area contributed by atoms with Gasteiger partial charge in [0, 0.05) is 0 Å². The number of hydrogen-bond donors (Lipinski definition) is 1. The minimum atomic E-state index is 0.272. The fourth-order valence-corrected chi connectivity index (χ4v) is 1.97. The summed E-state index contributed by atoms with van der Waals surface area (Å²) in [5.74, 6) is 1.54. The summed E-state index contributed by atoms with van der Waals surface area (Å²) in [5.41, 5.74) is 8.10. The fourth-order valence-electron chi connectivity index (χ4n) is 1.97. The molecule has 1 unspecified atom stereocenters. The van der Waals surface area contributed by atoms with Crippen LogP contribution in [0.3, 0.4) is 0 Å². The predicted molar refractivity (Wildman–Crippen MR) is 54.2 cm³/mol. The lowest BCUT2D eigenvalue weighted by Gasteiger charge is -2.26. The third kappa shape index (κ3) is 1.26. The summed E-state index contributed by atoms with van der Waals surface area (Å²) in [4.78, 5) is 4.25. The van der Waals surface area contributed by atoms with Gasteiger partial charge in [-0.2, -0.15) is 4.98 Å². The van der Waals surface area contributed by atoms with E-state index < -0.39 is 0 Å². The number of hydrogen-bond acceptors (Lipinski definition) is 4. The molecule has 1 aromatic carbocycles. The van der Waals surface area contributed by atoms with Crippen molar-refractivity contribution >= 4 is 0 Å². The highest BCUT2D eigenvalue weighted by molar-refractivity contribution is 5.43. The van der Waals surface area contributed by atoms with Gasteiger partial charge in [-0.15, -0.1) is 0 Å². The lowest BCUT2D eigenvalue weighted by Crippen LogP contribution is -2.18. The normalized spacial score (nSPS) is 18.3. The molecule has 0 bridgehead atoms. The lowest BCUT2D eigenvalue weighted by molar-refractivity contribution is 0.352. The van der Waals surface area contributed by atoms with Crippen LogP contribution in [0.25, 0.3) is 0 Å². The Morgan fingerprint density at radius 2 is 2.27 bits per heavy atom. The molecule has 1 aromatic heterocycles. The van der Waals surface area contributed by atoms with Crippen molar-refractivity contribution in [1.29, 1.82) is 0 Å². The van der Waals surface area contributed by atoms with Crippen molar-refractivity contribution in [3.63, 3.8) is 0 Å². The first-order valence-corrected chi connectivity index (χ1v) is 4.99. The Labute approximate surface area is 87.1 Å². The summed E-state index contributed by atoms with van der Waals surface area (Å²) < 4.78 is 5.18. The van der Waals surface area contributed by atoms with Gasteiger partial charge in [-0.1, -0.05) is 29.4 Å². The second kappa shape index (κ2) is 3.17. The van der Waals surface area contributed by atoms with Crippen LogP contribution in [0.1, 0.15) is 28.8 Å². The Kier molecular flexibility index (Phi) is 1.82. The molecule has 4 nitrogen and oxygen atoms in total. The van der Waals surface area contributed by atoms with Crippen LogP contribution in [0.4, 0.5) is 0 Å². The maximum atomic E-state index is 5.43. The summed E-state index contributed by atoms with van der Waals surface area (Å²) in [7, 11) is 0. The second-order valence-corrected chi connectivity index (χ2v) is 3.71. The first-order chi connectivity index (χ1) is 7.38. The van der Waals surface area contributed by atoms with Gasteiger partial charge in [-0.05, 0) is 17.5 Å². The van der Waals surface area contributed by atoms with Gasteiger partial charge in [0.1, 0.15) is 0 Å².